The maximum atomic E-state index is 5.64. The average molecular weight is 294 g/mol. The molecular weight excluding hydrogens is 284 g/mol. The van der Waals surface area contributed by atoms with Gasteiger partial charge in [0.05, 0.1) is 16.6 Å². The maximum Gasteiger partial charge on any atom is 0.320 e. The molecule has 3 aromatic rings. The van der Waals surface area contributed by atoms with Crippen LogP contribution in [0.1, 0.15) is 0 Å². The summed E-state index contributed by atoms with van der Waals surface area (Å²) in [7, 11) is 0. The molecule has 0 amide bonds. The highest BCUT2D eigenvalue weighted by atomic mass is 16.7. The Kier molecular flexibility index (Phi) is 2.24. The molecule has 6 heteroatoms. The van der Waals surface area contributed by atoms with Gasteiger partial charge in [0.15, 0.2) is 11.5 Å². The lowest BCUT2D eigenvalue weighted by molar-refractivity contribution is 0.109. The maximum absolute atomic E-state index is 5.64. The summed E-state index contributed by atoms with van der Waals surface area (Å²) in [5.74, 6) is 2.15. The van der Waals surface area contributed by atoms with Crippen LogP contribution in [-0.2, 0) is 0 Å². The summed E-state index contributed by atoms with van der Waals surface area (Å²) in [6, 6.07) is 11.7. The summed E-state index contributed by atoms with van der Waals surface area (Å²) in [6.07, 6.45) is 0. The van der Waals surface area contributed by atoms with E-state index in [0.717, 1.165) is 27.9 Å². The van der Waals surface area contributed by atoms with E-state index in [0.29, 0.717) is 17.5 Å². The predicted octanol–water partition coefficient (Wildman–Crippen LogP) is 2.75. The van der Waals surface area contributed by atoms with Gasteiger partial charge in [-0.2, -0.15) is 9.97 Å². The molecule has 0 atom stereocenters. The van der Waals surface area contributed by atoms with Crippen LogP contribution >= 0.6 is 0 Å². The monoisotopic (exact) mass is 294 g/mol. The van der Waals surface area contributed by atoms with Crippen molar-refractivity contribution in [3.63, 3.8) is 0 Å². The molecule has 0 saturated carbocycles. The highest BCUT2D eigenvalue weighted by Gasteiger charge is 2.20. The fourth-order valence-corrected chi connectivity index (χ4v) is 2.71. The third-order valence-corrected chi connectivity index (χ3v) is 3.71. The minimum Gasteiger partial charge on any atom is -0.457 e. The van der Waals surface area contributed by atoms with Crippen LogP contribution in [0.2, 0.25) is 0 Å². The van der Waals surface area contributed by atoms with Crippen molar-refractivity contribution in [1.29, 1.82) is 0 Å². The van der Waals surface area contributed by atoms with Gasteiger partial charge in [0.1, 0.15) is 5.75 Å². The first kappa shape index (κ1) is 11.6. The minimum absolute atomic E-state index is 0.104. The smallest absolute Gasteiger partial charge is 0.320 e. The number of ether oxygens (including phenoxy) is 4. The molecule has 0 aliphatic carbocycles. The Morgan fingerprint density at radius 2 is 1.64 bits per heavy atom. The minimum atomic E-state index is 0.104. The third-order valence-electron chi connectivity index (χ3n) is 3.71. The molecule has 0 fully saturated rings. The van der Waals surface area contributed by atoms with Gasteiger partial charge in [0.25, 0.3) is 0 Å². The van der Waals surface area contributed by atoms with E-state index in [1.165, 1.54) is 0 Å². The number of fused-ring (bicyclic) bond motifs is 4. The number of rotatable bonds is 1. The molecular formula is C16H10N2O4. The molecule has 1 aromatic heterocycles. The fraction of sp³-hybridized carbons (Fsp3) is 0.125. The molecule has 6 nitrogen and oxygen atoms in total. The fourth-order valence-electron chi connectivity index (χ4n) is 2.71. The lowest BCUT2D eigenvalue weighted by Gasteiger charge is -2.17. The Labute approximate surface area is 125 Å². The number of aromatic nitrogens is 2. The molecule has 0 radical (unpaired) electrons. The van der Waals surface area contributed by atoms with E-state index < -0.39 is 0 Å². The van der Waals surface area contributed by atoms with Crippen LogP contribution in [0.5, 0.6) is 23.3 Å². The molecule has 22 heavy (non-hydrogen) atoms. The van der Waals surface area contributed by atoms with Crippen LogP contribution in [0.3, 0.4) is 0 Å². The SMILES string of the molecule is c1cc2c3c(-c4ccc5c(c4)OCO5)nc(nc3c1)OCO2. The van der Waals surface area contributed by atoms with E-state index in [2.05, 4.69) is 9.97 Å². The summed E-state index contributed by atoms with van der Waals surface area (Å²) in [5.41, 5.74) is 2.45. The number of benzene rings is 2. The molecule has 0 N–H and O–H groups in total. The lowest BCUT2D eigenvalue weighted by atomic mass is 10.0. The van der Waals surface area contributed by atoms with E-state index in [9.17, 15) is 0 Å². The Bertz CT molecular complexity index is 910. The van der Waals surface area contributed by atoms with Crippen molar-refractivity contribution in [2.75, 3.05) is 13.6 Å². The van der Waals surface area contributed by atoms with Crippen molar-refractivity contribution in [3.8, 4) is 34.5 Å². The summed E-state index contributed by atoms with van der Waals surface area (Å²) < 4.78 is 21.9. The molecule has 0 unspecified atom stereocenters. The highest BCUT2D eigenvalue weighted by molar-refractivity contribution is 5.97. The predicted molar refractivity (Wildman–Crippen MR) is 77.2 cm³/mol. The summed E-state index contributed by atoms with van der Waals surface area (Å²) in [5, 5.41) is 0.869. The molecule has 3 aliphatic heterocycles. The van der Waals surface area contributed by atoms with Gasteiger partial charge in [-0.15, -0.1) is 0 Å². The largest absolute Gasteiger partial charge is 0.457 e. The zero-order valence-corrected chi connectivity index (χ0v) is 11.4. The second-order valence-corrected chi connectivity index (χ2v) is 4.98. The quantitative estimate of drug-likeness (QED) is 0.687. The van der Waals surface area contributed by atoms with Crippen LogP contribution < -0.4 is 18.9 Å². The van der Waals surface area contributed by atoms with Gasteiger partial charge in [-0.05, 0) is 30.3 Å². The van der Waals surface area contributed by atoms with E-state index in [1.54, 1.807) is 0 Å². The number of nitrogens with zero attached hydrogens (tertiary/aromatic N) is 2. The van der Waals surface area contributed by atoms with Gasteiger partial charge in [-0.3, -0.25) is 0 Å². The first-order valence-corrected chi connectivity index (χ1v) is 6.85. The molecule has 2 aromatic carbocycles. The Hall–Kier alpha value is -3.02. The van der Waals surface area contributed by atoms with Gasteiger partial charge in [0, 0.05) is 5.56 Å². The van der Waals surface area contributed by atoms with E-state index in [4.69, 9.17) is 18.9 Å². The van der Waals surface area contributed by atoms with Crippen LogP contribution in [0.25, 0.3) is 22.2 Å². The van der Waals surface area contributed by atoms with Crippen LogP contribution in [0.15, 0.2) is 36.4 Å². The molecule has 0 saturated heterocycles. The van der Waals surface area contributed by atoms with E-state index in [1.807, 2.05) is 36.4 Å². The van der Waals surface area contributed by atoms with Crippen LogP contribution in [0.4, 0.5) is 0 Å². The first-order valence-electron chi connectivity index (χ1n) is 6.85. The highest BCUT2D eigenvalue weighted by Crippen LogP contribution is 2.40. The average Bonchev–Trinajstić information content (AvgIpc) is 2.99. The Balaban J connectivity index is 1.82. The van der Waals surface area contributed by atoms with Crippen LogP contribution in [-0.4, -0.2) is 23.6 Å². The topological polar surface area (TPSA) is 62.7 Å². The Morgan fingerprint density at radius 1 is 0.773 bits per heavy atom. The van der Waals surface area contributed by atoms with Crippen molar-refractivity contribution in [2.45, 2.75) is 0 Å². The summed E-state index contributed by atoms with van der Waals surface area (Å²) in [6.45, 7) is 0.346. The molecule has 0 spiro atoms. The van der Waals surface area contributed by atoms with Crippen molar-refractivity contribution in [1.82, 2.24) is 9.97 Å². The zero-order valence-electron chi connectivity index (χ0n) is 11.4. The lowest BCUT2D eigenvalue weighted by Crippen LogP contribution is -2.12. The molecule has 6 rings (SSSR count). The van der Waals surface area contributed by atoms with E-state index >= 15 is 0 Å². The van der Waals surface area contributed by atoms with Gasteiger partial charge in [-0.1, -0.05) is 6.07 Å². The third kappa shape index (κ3) is 1.60. The molecule has 4 bridgehead atoms. The standard InChI is InChI=1S/C16H10N2O4/c1-2-10-14-12(3-1)20-8-22-16(17-10)18-15(14)9-4-5-11-13(6-9)21-7-19-11/h1-6H,7-8H2. The summed E-state index contributed by atoms with van der Waals surface area (Å²) in [4.78, 5) is 8.91. The van der Waals surface area contributed by atoms with E-state index in [-0.39, 0.29) is 13.6 Å². The zero-order chi connectivity index (χ0) is 14.5. The molecule has 3 aliphatic rings. The van der Waals surface area contributed by atoms with Crippen molar-refractivity contribution < 1.29 is 18.9 Å². The van der Waals surface area contributed by atoms with Gasteiger partial charge in [-0.25, -0.2) is 0 Å². The molecule has 4 heterocycles. The van der Waals surface area contributed by atoms with Crippen molar-refractivity contribution >= 4 is 10.9 Å². The van der Waals surface area contributed by atoms with Gasteiger partial charge >= 0.3 is 6.01 Å². The van der Waals surface area contributed by atoms with Crippen molar-refractivity contribution in [2.24, 2.45) is 0 Å². The van der Waals surface area contributed by atoms with Crippen LogP contribution in [0, 0.1) is 0 Å². The second kappa shape index (κ2) is 4.24. The normalized spacial score (nSPS) is 14.5. The molecule has 108 valence electrons. The number of hydrogen-bond donors (Lipinski definition) is 0. The first-order chi connectivity index (χ1) is 10.9. The summed E-state index contributed by atoms with van der Waals surface area (Å²) >= 11 is 0. The number of hydrogen-bond acceptors (Lipinski definition) is 6. The van der Waals surface area contributed by atoms with Crippen molar-refractivity contribution in [3.05, 3.63) is 36.4 Å². The second-order valence-electron chi connectivity index (χ2n) is 4.98. The Morgan fingerprint density at radius 3 is 2.64 bits per heavy atom. The van der Waals surface area contributed by atoms with Gasteiger partial charge in [0.2, 0.25) is 13.6 Å². The van der Waals surface area contributed by atoms with Gasteiger partial charge < -0.3 is 18.9 Å².